The third-order valence-corrected chi connectivity index (χ3v) is 4.02. The molecule has 0 saturated heterocycles. The minimum Gasteiger partial charge on any atom is -0.507 e. The SMILES string of the molecule is O=C(NCCCC(=O)c1cc(F)ccc1O)c1cc(-c2ccccc2)n[nH]1. The van der Waals surface area contributed by atoms with Gasteiger partial charge in [0.15, 0.2) is 5.78 Å². The topological polar surface area (TPSA) is 95.1 Å². The summed E-state index contributed by atoms with van der Waals surface area (Å²) in [7, 11) is 0. The molecule has 2 aromatic carbocycles. The molecule has 3 aromatic rings. The number of halogens is 1. The van der Waals surface area contributed by atoms with E-state index in [1.54, 1.807) is 6.07 Å². The summed E-state index contributed by atoms with van der Waals surface area (Å²) in [5.41, 5.74) is 1.83. The number of Topliss-reactive ketones (excluding diaryl/α,β-unsaturated/α-hetero) is 1. The second-order valence-corrected chi connectivity index (χ2v) is 5.98. The summed E-state index contributed by atoms with van der Waals surface area (Å²) in [6.45, 7) is 0.264. The number of nitrogens with one attached hydrogen (secondary N) is 2. The Hall–Kier alpha value is -3.48. The fourth-order valence-corrected chi connectivity index (χ4v) is 2.61. The van der Waals surface area contributed by atoms with Crippen LogP contribution in [0.25, 0.3) is 11.3 Å². The Morgan fingerprint density at radius 1 is 1.11 bits per heavy atom. The van der Waals surface area contributed by atoms with Gasteiger partial charge in [-0.1, -0.05) is 30.3 Å². The first-order valence-electron chi connectivity index (χ1n) is 8.45. The Balaban J connectivity index is 1.49. The number of phenolic OH excluding ortho intramolecular Hbond substituents is 1. The van der Waals surface area contributed by atoms with E-state index in [2.05, 4.69) is 15.5 Å². The van der Waals surface area contributed by atoms with Gasteiger partial charge in [-0.15, -0.1) is 0 Å². The molecule has 0 atom stereocenters. The first kappa shape index (κ1) is 18.3. The quantitative estimate of drug-likeness (QED) is 0.441. The molecule has 0 aliphatic heterocycles. The van der Waals surface area contributed by atoms with E-state index in [1.807, 2.05) is 30.3 Å². The molecule has 3 rings (SSSR count). The zero-order valence-corrected chi connectivity index (χ0v) is 14.4. The van der Waals surface area contributed by atoms with Gasteiger partial charge in [0.2, 0.25) is 0 Å². The molecular weight excluding hydrogens is 349 g/mol. The van der Waals surface area contributed by atoms with E-state index < -0.39 is 5.82 Å². The van der Waals surface area contributed by atoms with E-state index in [4.69, 9.17) is 0 Å². The molecule has 0 aliphatic carbocycles. The average Bonchev–Trinajstić information content (AvgIpc) is 3.18. The number of hydrogen-bond donors (Lipinski definition) is 3. The fourth-order valence-electron chi connectivity index (χ4n) is 2.61. The van der Waals surface area contributed by atoms with E-state index in [0.29, 0.717) is 17.8 Å². The van der Waals surface area contributed by atoms with Gasteiger partial charge in [-0.3, -0.25) is 14.7 Å². The lowest BCUT2D eigenvalue weighted by molar-refractivity contribution is 0.0933. The highest BCUT2D eigenvalue weighted by atomic mass is 19.1. The molecule has 1 amide bonds. The lowest BCUT2D eigenvalue weighted by atomic mass is 10.1. The Kier molecular flexibility index (Phi) is 5.61. The van der Waals surface area contributed by atoms with Crippen molar-refractivity contribution in [1.29, 1.82) is 0 Å². The van der Waals surface area contributed by atoms with Crippen molar-refractivity contribution in [3.8, 4) is 17.0 Å². The van der Waals surface area contributed by atoms with Crippen LogP contribution in [0.1, 0.15) is 33.7 Å². The highest BCUT2D eigenvalue weighted by Gasteiger charge is 2.13. The first-order valence-corrected chi connectivity index (χ1v) is 8.45. The molecule has 3 N–H and O–H groups in total. The molecule has 7 heteroatoms. The van der Waals surface area contributed by atoms with Crippen molar-refractivity contribution in [3.63, 3.8) is 0 Å². The minimum atomic E-state index is -0.585. The number of H-pyrrole nitrogens is 1. The van der Waals surface area contributed by atoms with E-state index in [0.717, 1.165) is 23.8 Å². The number of phenols is 1. The van der Waals surface area contributed by atoms with Gasteiger partial charge in [0.1, 0.15) is 17.3 Å². The molecule has 0 radical (unpaired) electrons. The molecule has 0 aliphatic rings. The zero-order valence-electron chi connectivity index (χ0n) is 14.4. The van der Waals surface area contributed by atoms with E-state index in [1.165, 1.54) is 0 Å². The van der Waals surface area contributed by atoms with Crippen LogP contribution < -0.4 is 5.32 Å². The Labute approximate surface area is 155 Å². The maximum Gasteiger partial charge on any atom is 0.269 e. The van der Waals surface area contributed by atoms with Crippen molar-refractivity contribution in [2.75, 3.05) is 6.54 Å². The van der Waals surface area contributed by atoms with Crippen molar-refractivity contribution < 1.29 is 19.1 Å². The van der Waals surface area contributed by atoms with Crippen molar-refractivity contribution >= 4 is 11.7 Å². The largest absolute Gasteiger partial charge is 0.507 e. The van der Waals surface area contributed by atoms with E-state index in [9.17, 15) is 19.1 Å². The van der Waals surface area contributed by atoms with Gasteiger partial charge in [0.25, 0.3) is 5.91 Å². The number of carbonyl (C=O) groups is 2. The Morgan fingerprint density at radius 2 is 1.89 bits per heavy atom. The van der Waals surface area contributed by atoms with Gasteiger partial charge in [0.05, 0.1) is 11.3 Å². The molecule has 1 heterocycles. The molecule has 0 bridgehead atoms. The smallest absolute Gasteiger partial charge is 0.269 e. The van der Waals surface area contributed by atoms with Crippen LogP contribution in [0.5, 0.6) is 5.75 Å². The van der Waals surface area contributed by atoms with Gasteiger partial charge in [-0.05, 0) is 30.7 Å². The predicted octanol–water partition coefficient (Wildman–Crippen LogP) is 3.31. The van der Waals surface area contributed by atoms with Crippen LogP contribution in [0.2, 0.25) is 0 Å². The number of aromatic nitrogens is 2. The van der Waals surface area contributed by atoms with Crippen LogP contribution in [0, 0.1) is 5.82 Å². The summed E-state index contributed by atoms with van der Waals surface area (Å²) in [5, 5.41) is 19.1. The van der Waals surface area contributed by atoms with Gasteiger partial charge in [-0.25, -0.2) is 4.39 Å². The van der Waals surface area contributed by atoms with Crippen LogP contribution in [0.15, 0.2) is 54.6 Å². The number of aromatic amines is 1. The Bertz CT molecular complexity index is 954. The summed E-state index contributed by atoms with van der Waals surface area (Å²) < 4.78 is 13.2. The monoisotopic (exact) mass is 367 g/mol. The number of nitrogens with zero attached hydrogens (tertiary/aromatic N) is 1. The summed E-state index contributed by atoms with van der Waals surface area (Å²) >= 11 is 0. The third kappa shape index (κ3) is 4.58. The lowest BCUT2D eigenvalue weighted by Gasteiger charge is -2.05. The van der Waals surface area contributed by atoms with Crippen LogP contribution in [0.3, 0.4) is 0 Å². The van der Waals surface area contributed by atoms with Gasteiger partial charge in [0, 0.05) is 18.5 Å². The molecule has 0 spiro atoms. The molecule has 0 saturated carbocycles. The van der Waals surface area contributed by atoms with Crippen LogP contribution in [-0.4, -0.2) is 33.5 Å². The van der Waals surface area contributed by atoms with Crippen molar-refractivity contribution in [2.24, 2.45) is 0 Å². The fraction of sp³-hybridized carbons (Fsp3) is 0.150. The normalized spacial score (nSPS) is 10.6. The molecular formula is C20H18FN3O3. The maximum absolute atomic E-state index is 13.2. The van der Waals surface area contributed by atoms with Gasteiger partial charge >= 0.3 is 0 Å². The number of hydrogen-bond acceptors (Lipinski definition) is 4. The van der Waals surface area contributed by atoms with Gasteiger partial charge < -0.3 is 10.4 Å². The molecule has 0 fully saturated rings. The van der Waals surface area contributed by atoms with E-state index >= 15 is 0 Å². The molecule has 0 unspecified atom stereocenters. The van der Waals surface area contributed by atoms with Crippen molar-refractivity contribution in [2.45, 2.75) is 12.8 Å². The standard InChI is InChI=1S/C20H18FN3O3/c21-14-8-9-19(26)15(11-14)18(25)7-4-10-22-20(27)17-12-16(23-24-17)13-5-2-1-3-6-13/h1-3,5-6,8-9,11-12,26H,4,7,10H2,(H,22,27)(H,23,24). The number of rotatable bonds is 7. The van der Waals surface area contributed by atoms with Crippen LogP contribution >= 0.6 is 0 Å². The zero-order chi connectivity index (χ0) is 19.2. The number of carbonyl (C=O) groups excluding carboxylic acids is 2. The van der Waals surface area contributed by atoms with Crippen LogP contribution in [0.4, 0.5) is 4.39 Å². The van der Waals surface area contributed by atoms with Crippen molar-refractivity contribution in [3.05, 3.63) is 71.7 Å². The average molecular weight is 367 g/mol. The number of benzene rings is 2. The summed E-state index contributed by atoms with van der Waals surface area (Å²) in [6, 6.07) is 14.3. The maximum atomic E-state index is 13.2. The second kappa shape index (κ2) is 8.27. The highest BCUT2D eigenvalue weighted by Crippen LogP contribution is 2.20. The minimum absolute atomic E-state index is 0.0533. The summed E-state index contributed by atoms with van der Waals surface area (Å²) in [4.78, 5) is 24.2. The number of ketones is 1. The predicted molar refractivity (Wildman–Crippen MR) is 98.0 cm³/mol. The molecule has 6 nitrogen and oxygen atoms in total. The number of aromatic hydroxyl groups is 1. The molecule has 27 heavy (non-hydrogen) atoms. The summed E-state index contributed by atoms with van der Waals surface area (Å²) in [6.07, 6.45) is 0.440. The van der Waals surface area contributed by atoms with Crippen LogP contribution in [-0.2, 0) is 0 Å². The van der Waals surface area contributed by atoms with Gasteiger partial charge in [-0.2, -0.15) is 5.10 Å². The first-order chi connectivity index (χ1) is 13.0. The number of amides is 1. The molecule has 1 aromatic heterocycles. The third-order valence-electron chi connectivity index (χ3n) is 4.02. The Morgan fingerprint density at radius 3 is 2.67 bits per heavy atom. The summed E-state index contributed by atoms with van der Waals surface area (Å²) in [5.74, 6) is -1.55. The second-order valence-electron chi connectivity index (χ2n) is 5.98. The highest BCUT2D eigenvalue weighted by molar-refractivity contribution is 5.98. The lowest BCUT2D eigenvalue weighted by Crippen LogP contribution is -2.25. The van der Waals surface area contributed by atoms with E-state index in [-0.39, 0.29) is 36.0 Å². The molecule has 138 valence electrons. The van der Waals surface area contributed by atoms with Crippen molar-refractivity contribution in [1.82, 2.24) is 15.5 Å².